The van der Waals surface area contributed by atoms with Crippen molar-refractivity contribution in [1.29, 1.82) is 0 Å². The first-order valence-electron chi connectivity index (χ1n) is 4.08. The summed E-state index contributed by atoms with van der Waals surface area (Å²) in [6, 6.07) is 0. The van der Waals surface area contributed by atoms with Crippen molar-refractivity contribution in [2.45, 2.75) is 46.0 Å². The van der Waals surface area contributed by atoms with E-state index in [0.29, 0.717) is 0 Å². The zero-order chi connectivity index (χ0) is 8.95. The van der Waals surface area contributed by atoms with Crippen LogP contribution in [0.5, 0.6) is 0 Å². The van der Waals surface area contributed by atoms with Crippen molar-refractivity contribution in [3.8, 4) is 0 Å². The van der Waals surface area contributed by atoms with Crippen LogP contribution in [0.25, 0.3) is 0 Å². The first-order valence-corrected chi connectivity index (χ1v) is 4.84. The van der Waals surface area contributed by atoms with Crippen LogP contribution < -0.4 is 0 Å². The third kappa shape index (κ3) is 31.2. The minimum Gasteiger partial charge on any atom is -0.332 e. The predicted molar refractivity (Wildman–Crippen MR) is 48.6 cm³/mol. The fraction of sp³-hybridized carbons (Fsp3) is 0.875. The maximum Gasteiger partial charge on any atom is 2.00 e. The third-order valence-corrected chi connectivity index (χ3v) is 1.35. The van der Waals surface area contributed by atoms with E-state index in [1.165, 1.54) is 32.1 Å². The molecule has 0 saturated heterocycles. The second-order valence-electron chi connectivity index (χ2n) is 2.34. The van der Waals surface area contributed by atoms with Crippen molar-refractivity contribution in [2.75, 3.05) is 0 Å². The smallest absolute Gasteiger partial charge is 0.332 e. The van der Waals surface area contributed by atoms with Crippen LogP contribution in [0, 0.1) is 6.42 Å². The minimum absolute atomic E-state index is 0. The first-order chi connectivity index (χ1) is 5.33. The van der Waals surface area contributed by atoms with Gasteiger partial charge >= 0.3 is 25.2 Å². The van der Waals surface area contributed by atoms with E-state index in [9.17, 15) is 0 Å². The summed E-state index contributed by atoms with van der Waals surface area (Å²) in [5.74, 6) is 0. The van der Waals surface area contributed by atoms with Crippen molar-refractivity contribution in [1.82, 2.24) is 0 Å². The summed E-state index contributed by atoms with van der Waals surface area (Å²) >= 11 is 0. The van der Waals surface area contributed by atoms with Crippen LogP contribution in [0.2, 0.25) is 0 Å². The molecular weight excluding hydrogens is 218 g/mol. The van der Waals surface area contributed by atoms with E-state index in [2.05, 4.69) is 20.3 Å². The molecule has 0 aliphatic carbocycles. The van der Waals surface area contributed by atoms with Crippen LogP contribution in [-0.2, 0) is 21.1 Å². The molecule has 0 atom stereocenters. The van der Waals surface area contributed by atoms with Crippen LogP contribution in [0.4, 0.5) is 0 Å². The molecule has 0 fully saturated rings. The second-order valence-corrected chi connectivity index (χ2v) is 2.50. The van der Waals surface area contributed by atoms with Gasteiger partial charge < -0.3 is 11.3 Å². The van der Waals surface area contributed by atoms with Crippen molar-refractivity contribution < 1.29 is 25.9 Å². The number of hydrogen-bond donors (Lipinski definition) is 1. The van der Waals surface area contributed by atoms with Crippen LogP contribution in [-0.4, -0.2) is 4.89 Å². The van der Waals surface area contributed by atoms with Gasteiger partial charge in [0.15, 0.2) is 0 Å². The van der Waals surface area contributed by atoms with Gasteiger partial charge in [-0.3, -0.25) is 0 Å². The Morgan fingerprint density at radius 1 is 1.33 bits per heavy atom. The fourth-order valence-electron chi connectivity index (χ4n) is 0.775. The standard InChI is InChI=1S/C8H17.Ni.HO2P/c1-3-5-7-8-6-4-2;;1-3-2/h3H,4-8H2,1-2H3;;(H,1,2)/q-1;+2;. The summed E-state index contributed by atoms with van der Waals surface area (Å²) in [6.45, 7) is 4.38. The Balaban J connectivity index is -0.000000177. The van der Waals surface area contributed by atoms with Crippen molar-refractivity contribution >= 4 is 8.69 Å². The van der Waals surface area contributed by atoms with E-state index in [1.807, 2.05) is 0 Å². The molecule has 0 spiro atoms. The summed E-state index contributed by atoms with van der Waals surface area (Å²) in [4.78, 5) is 6.99. The minimum atomic E-state index is -0.833. The van der Waals surface area contributed by atoms with E-state index in [1.54, 1.807) is 0 Å². The van der Waals surface area contributed by atoms with Crippen molar-refractivity contribution in [3.63, 3.8) is 0 Å². The van der Waals surface area contributed by atoms with Gasteiger partial charge in [-0.25, -0.2) is 4.57 Å². The van der Waals surface area contributed by atoms with E-state index in [-0.39, 0.29) is 16.5 Å². The first kappa shape index (κ1) is 18.4. The van der Waals surface area contributed by atoms with Gasteiger partial charge in [-0.1, -0.05) is 32.6 Å². The Hall–Kier alpha value is 0.554. The molecule has 4 heteroatoms. The van der Waals surface area contributed by atoms with Gasteiger partial charge in [-0.15, -0.1) is 0 Å². The average Bonchev–Trinajstić information content (AvgIpc) is 2.00. The molecule has 0 aromatic rings. The van der Waals surface area contributed by atoms with Gasteiger partial charge in [0, 0.05) is 0 Å². The Morgan fingerprint density at radius 3 is 2.17 bits per heavy atom. The zero-order valence-corrected chi connectivity index (χ0v) is 9.61. The zero-order valence-electron chi connectivity index (χ0n) is 7.73. The summed E-state index contributed by atoms with van der Waals surface area (Å²) in [7, 11) is -0.833. The normalized spacial score (nSPS) is 8.25. The molecule has 12 heavy (non-hydrogen) atoms. The molecule has 0 saturated carbocycles. The molecule has 0 amide bonds. The molecule has 0 rings (SSSR count). The van der Waals surface area contributed by atoms with E-state index < -0.39 is 8.69 Å². The summed E-state index contributed by atoms with van der Waals surface area (Å²) < 4.78 is 8.46. The van der Waals surface area contributed by atoms with E-state index in [0.717, 1.165) is 0 Å². The number of unbranched alkanes of at least 4 members (excludes halogenated alkanes) is 5. The van der Waals surface area contributed by atoms with Crippen molar-refractivity contribution in [2.24, 2.45) is 0 Å². The SMILES string of the molecule is C[CH-]CCCCCC.O=PO.[Ni+2]. The van der Waals surface area contributed by atoms with E-state index >= 15 is 0 Å². The molecule has 0 unspecified atom stereocenters. The van der Waals surface area contributed by atoms with Gasteiger partial charge in [-0.05, 0) is 0 Å². The Bertz CT molecular complexity index is 66.1. The molecule has 0 aromatic heterocycles. The number of rotatable bonds is 5. The summed E-state index contributed by atoms with van der Waals surface area (Å²) in [5.41, 5.74) is 0. The molecule has 0 heterocycles. The van der Waals surface area contributed by atoms with E-state index in [4.69, 9.17) is 9.46 Å². The molecular formula is C8H18NiO2P+. The van der Waals surface area contributed by atoms with Crippen LogP contribution in [0.3, 0.4) is 0 Å². The molecule has 0 aromatic carbocycles. The molecule has 2 nitrogen and oxygen atoms in total. The topological polar surface area (TPSA) is 37.3 Å². The quantitative estimate of drug-likeness (QED) is 0.344. The molecule has 0 aliphatic heterocycles. The predicted octanol–water partition coefficient (Wildman–Crippen LogP) is 3.36. The van der Waals surface area contributed by atoms with Crippen LogP contribution >= 0.6 is 8.69 Å². The maximum absolute atomic E-state index is 8.46. The van der Waals surface area contributed by atoms with Gasteiger partial charge in [0.05, 0.1) is 0 Å². The fourth-order valence-corrected chi connectivity index (χ4v) is 0.775. The van der Waals surface area contributed by atoms with Crippen molar-refractivity contribution in [3.05, 3.63) is 6.42 Å². The monoisotopic (exact) mass is 235 g/mol. The number of hydrogen-bond acceptors (Lipinski definition) is 1. The van der Waals surface area contributed by atoms with Gasteiger partial charge in [0.1, 0.15) is 0 Å². The summed E-state index contributed by atoms with van der Waals surface area (Å²) in [5, 5.41) is 0. The largest absolute Gasteiger partial charge is 2.00 e. The molecule has 0 aliphatic rings. The van der Waals surface area contributed by atoms with Gasteiger partial charge in [-0.2, -0.15) is 13.3 Å². The van der Waals surface area contributed by atoms with Crippen LogP contribution in [0.15, 0.2) is 0 Å². The van der Waals surface area contributed by atoms with Gasteiger partial charge in [0.25, 0.3) is 0 Å². The molecule has 0 radical (unpaired) electrons. The van der Waals surface area contributed by atoms with Gasteiger partial charge in [0.2, 0.25) is 0 Å². The third-order valence-electron chi connectivity index (χ3n) is 1.35. The Morgan fingerprint density at radius 2 is 1.83 bits per heavy atom. The molecule has 76 valence electrons. The van der Waals surface area contributed by atoms with Crippen LogP contribution in [0.1, 0.15) is 46.0 Å². The second kappa shape index (κ2) is 22.6. The molecule has 1 N–H and O–H groups in total. The Kier molecular flexibility index (Phi) is 34.5. The molecule has 0 bridgehead atoms. The maximum atomic E-state index is 8.46. The Labute approximate surface area is 87.3 Å². The summed E-state index contributed by atoms with van der Waals surface area (Å²) in [6.07, 6.45) is 9.12. The average molecular weight is 236 g/mol.